The number of pyridine rings is 1. The van der Waals surface area contributed by atoms with Crippen LogP contribution in [0.15, 0.2) is 16.9 Å². The van der Waals surface area contributed by atoms with Crippen LogP contribution in [0.3, 0.4) is 0 Å². The first kappa shape index (κ1) is 14.6. The van der Waals surface area contributed by atoms with Gasteiger partial charge in [0, 0.05) is 5.69 Å². The van der Waals surface area contributed by atoms with E-state index in [1.807, 2.05) is 0 Å². The Labute approximate surface area is 122 Å². The van der Waals surface area contributed by atoms with Crippen molar-refractivity contribution in [2.75, 3.05) is 0 Å². The zero-order valence-electron chi connectivity index (χ0n) is 11.0. The van der Waals surface area contributed by atoms with Crippen LogP contribution in [0.25, 0.3) is 11.3 Å². The van der Waals surface area contributed by atoms with Gasteiger partial charge in [-0.2, -0.15) is 0 Å². The van der Waals surface area contributed by atoms with Gasteiger partial charge in [-0.25, -0.2) is 0 Å². The van der Waals surface area contributed by atoms with Gasteiger partial charge in [0.2, 0.25) is 0 Å². The number of rotatable bonds is 2. The zero-order valence-corrected chi connectivity index (χ0v) is 11.0. The SMILES string of the molecule is [B]c1cc([B])c([B])c(-c2[nH]c(=O)c(CC)c(O)c2[B])c1. The lowest BCUT2D eigenvalue weighted by Gasteiger charge is -2.16. The van der Waals surface area contributed by atoms with Gasteiger partial charge in [-0.15, -0.1) is 5.46 Å². The number of benzene rings is 1. The predicted octanol–water partition coefficient (Wildman–Crippen LogP) is -2.51. The quantitative estimate of drug-likeness (QED) is 0.582. The van der Waals surface area contributed by atoms with Crippen molar-refractivity contribution in [3.8, 4) is 17.0 Å². The first-order valence-corrected chi connectivity index (χ1v) is 6.05. The smallest absolute Gasteiger partial charge is 0.255 e. The molecule has 3 nitrogen and oxygen atoms in total. The van der Waals surface area contributed by atoms with Crippen molar-refractivity contribution in [1.82, 2.24) is 4.98 Å². The van der Waals surface area contributed by atoms with E-state index in [0.29, 0.717) is 17.4 Å². The van der Waals surface area contributed by atoms with Gasteiger partial charge in [-0.1, -0.05) is 30.0 Å². The number of H-pyrrole nitrogens is 1. The Balaban J connectivity index is 2.81. The molecule has 0 spiro atoms. The summed E-state index contributed by atoms with van der Waals surface area (Å²) in [5, 5.41) is 10.0. The van der Waals surface area contributed by atoms with E-state index in [4.69, 9.17) is 31.4 Å². The summed E-state index contributed by atoms with van der Waals surface area (Å²) in [7, 11) is 23.2. The number of nitrogens with one attached hydrogen (secondary N) is 1. The van der Waals surface area contributed by atoms with Crippen LogP contribution in [0, 0.1) is 0 Å². The Kier molecular flexibility index (Phi) is 3.89. The fourth-order valence-corrected chi connectivity index (χ4v) is 2.09. The van der Waals surface area contributed by atoms with E-state index in [2.05, 4.69) is 4.98 Å². The fourth-order valence-electron chi connectivity index (χ4n) is 2.09. The lowest BCUT2D eigenvalue weighted by Crippen LogP contribution is -2.34. The Morgan fingerprint density at radius 3 is 2.40 bits per heavy atom. The van der Waals surface area contributed by atoms with Crippen LogP contribution in [-0.2, 0) is 6.42 Å². The summed E-state index contributed by atoms with van der Waals surface area (Å²) in [6, 6.07) is 3.05. The van der Waals surface area contributed by atoms with Gasteiger partial charge < -0.3 is 10.1 Å². The van der Waals surface area contributed by atoms with Crippen molar-refractivity contribution >= 4 is 53.2 Å². The van der Waals surface area contributed by atoms with E-state index in [1.165, 1.54) is 6.07 Å². The molecule has 0 aliphatic heterocycles. The summed E-state index contributed by atoms with van der Waals surface area (Å²) in [5.41, 5.74) is 1.33. The molecule has 0 atom stereocenters. The molecule has 0 fully saturated rings. The number of aromatic hydroxyl groups is 1. The van der Waals surface area contributed by atoms with Gasteiger partial charge in [-0.05, 0) is 17.4 Å². The van der Waals surface area contributed by atoms with Gasteiger partial charge >= 0.3 is 0 Å². The van der Waals surface area contributed by atoms with Crippen molar-refractivity contribution in [3.63, 3.8) is 0 Å². The maximum absolute atomic E-state index is 11.9. The van der Waals surface area contributed by atoms with Crippen molar-refractivity contribution in [1.29, 1.82) is 0 Å². The first-order valence-electron chi connectivity index (χ1n) is 6.05. The molecule has 1 aromatic carbocycles. The molecule has 20 heavy (non-hydrogen) atoms. The van der Waals surface area contributed by atoms with Gasteiger partial charge in [0.25, 0.3) is 5.56 Å². The Bertz CT molecular complexity index is 740. The lowest BCUT2D eigenvalue weighted by atomic mass is 9.72. The average Bonchev–Trinajstić information content (AvgIpc) is 2.39. The van der Waals surface area contributed by atoms with Gasteiger partial charge in [-0.3, -0.25) is 4.79 Å². The normalized spacial score (nSPS) is 10.7. The Hall–Kier alpha value is -1.77. The molecule has 0 bridgehead atoms. The van der Waals surface area contributed by atoms with Gasteiger partial charge in [0.15, 0.2) is 0 Å². The molecule has 1 aromatic heterocycles. The van der Waals surface area contributed by atoms with Crippen molar-refractivity contribution < 1.29 is 5.11 Å². The third kappa shape index (κ3) is 2.33. The minimum atomic E-state index is -0.422. The summed E-state index contributed by atoms with van der Waals surface area (Å²) in [6.45, 7) is 1.75. The van der Waals surface area contributed by atoms with Crippen molar-refractivity contribution in [2.45, 2.75) is 13.3 Å². The third-order valence-corrected chi connectivity index (χ3v) is 3.18. The van der Waals surface area contributed by atoms with Crippen molar-refractivity contribution in [3.05, 3.63) is 28.0 Å². The molecule has 0 unspecified atom stereocenters. The molecule has 0 amide bonds. The summed E-state index contributed by atoms with van der Waals surface area (Å²) >= 11 is 0. The summed E-state index contributed by atoms with van der Waals surface area (Å²) in [6.07, 6.45) is 0.361. The predicted molar refractivity (Wildman–Crippen MR) is 85.1 cm³/mol. The molecular formula is C13H9B4NO2. The second-order valence-corrected chi connectivity index (χ2v) is 4.49. The van der Waals surface area contributed by atoms with Crippen LogP contribution >= 0.6 is 0 Å². The molecule has 0 aliphatic carbocycles. The van der Waals surface area contributed by atoms with Gasteiger partial charge in [0.1, 0.15) is 37.1 Å². The molecule has 2 N–H and O–H groups in total. The molecule has 2 rings (SSSR count). The van der Waals surface area contributed by atoms with Crippen molar-refractivity contribution in [2.24, 2.45) is 0 Å². The number of aromatic amines is 1. The second-order valence-electron chi connectivity index (χ2n) is 4.49. The molecule has 8 radical (unpaired) electrons. The molecule has 0 saturated heterocycles. The first-order chi connectivity index (χ1) is 9.36. The molecular weight excluding hydrogens is 245 g/mol. The largest absolute Gasteiger partial charge is 0.508 e. The highest BCUT2D eigenvalue weighted by Gasteiger charge is 2.15. The minimum absolute atomic E-state index is 0.0400. The highest BCUT2D eigenvalue weighted by atomic mass is 16.3. The van der Waals surface area contributed by atoms with E-state index in [-0.39, 0.29) is 33.4 Å². The molecule has 0 saturated carbocycles. The Morgan fingerprint density at radius 1 is 1.15 bits per heavy atom. The number of aromatic nitrogens is 1. The van der Waals surface area contributed by atoms with Crippen LogP contribution in [0.1, 0.15) is 12.5 Å². The average molecular weight is 254 g/mol. The topological polar surface area (TPSA) is 53.1 Å². The Morgan fingerprint density at radius 2 is 1.80 bits per heavy atom. The number of hydrogen-bond donors (Lipinski definition) is 2. The summed E-state index contributed by atoms with van der Waals surface area (Å²) < 4.78 is 0. The zero-order chi connectivity index (χ0) is 15.0. The molecule has 0 aliphatic rings. The monoisotopic (exact) mass is 255 g/mol. The summed E-state index contributed by atoms with van der Waals surface area (Å²) in [4.78, 5) is 14.5. The highest BCUT2D eigenvalue weighted by Crippen LogP contribution is 2.16. The van der Waals surface area contributed by atoms with E-state index in [0.717, 1.165) is 0 Å². The fraction of sp³-hybridized carbons (Fsp3) is 0.154. The molecule has 1 heterocycles. The lowest BCUT2D eigenvalue weighted by molar-refractivity contribution is 0.471. The van der Waals surface area contributed by atoms with E-state index in [1.54, 1.807) is 13.0 Å². The van der Waals surface area contributed by atoms with Crippen LogP contribution in [0.5, 0.6) is 5.75 Å². The summed E-state index contributed by atoms with van der Waals surface area (Å²) in [5.74, 6) is -0.244. The van der Waals surface area contributed by atoms with E-state index >= 15 is 0 Å². The molecule has 90 valence electrons. The van der Waals surface area contributed by atoms with Gasteiger partial charge in [0.05, 0.1) is 5.56 Å². The second kappa shape index (κ2) is 5.31. The third-order valence-electron chi connectivity index (χ3n) is 3.18. The van der Waals surface area contributed by atoms with Crippen LogP contribution < -0.4 is 27.4 Å². The van der Waals surface area contributed by atoms with Crippen LogP contribution in [0.4, 0.5) is 0 Å². The maximum Gasteiger partial charge on any atom is 0.255 e. The van der Waals surface area contributed by atoms with Crippen LogP contribution in [-0.4, -0.2) is 41.5 Å². The van der Waals surface area contributed by atoms with E-state index in [9.17, 15) is 9.90 Å². The number of hydrogen-bond acceptors (Lipinski definition) is 2. The van der Waals surface area contributed by atoms with Crippen LogP contribution in [0.2, 0.25) is 0 Å². The van der Waals surface area contributed by atoms with E-state index < -0.39 is 5.56 Å². The highest BCUT2D eigenvalue weighted by molar-refractivity contribution is 6.53. The maximum atomic E-state index is 11.9. The minimum Gasteiger partial charge on any atom is -0.508 e. The molecule has 2 aromatic rings. The molecule has 7 heteroatoms. The standard InChI is InChI=1S/C13H9B4NO2/c1-2-6-12(19)10(17)11(18-13(6)20)7-3-5(14)4-8(15)9(7)16/h3-4H,2H2,1H3,(H2,18,19,20).